The molecule has 2 aliphatic carbocycles. The Bertz CT molecular complexity index is 744. The summed E-state index contributed by atoms with van der Waals surface area (Å²) in [6, 6.07) is 4.02. The molecule has 1 fully saturated rings. The Hall–Kier alpha value is -1.77. The lowest BCUT2D eigenvalue weighted by atomic mass is 9.66. The molecule has 0 aromatic heterocycles. The second kappa shape index (κ2) is 6.75. The topological polar surface area (TPSA) is 46.5 Å². The summed E-state index contributed by atoms with van der Waals surface area (Å²) in [5, 5.41) is 10.9. The molecule has 1 saturated carbocycles. The minimum Gasteiger partial charge on any atom is -0.507 e. The third-order valence-corrected chi connectivity index (χ3v) is 6.59. The number of benzene rings is 1. The fraction of sp³-hybridized carbons (Fsp3) is 0.609. The van der Waals surface area contributed by atoms with Crippen molar-refractivity contribution in [2.45, 2.75) is 83.2 Å². The van der Waals surface area contributed by atoms with Gasteiger partial charge in [0, 0.05) is 30.2 Å². The molecule has 140 valence electrons. The van der Waals surface area contributed by atoms with Crippen molar-refractivity contribution >= 4 is 11.4 Å². The summed E-state index contributed by atoms with van der Waals surface area (Å²) in [4.78, 5) is 12.1. The molecule has 0 bridgehead atoms. The average molecular weight is 354 g/mol. The van der Waals surface area contributed by atoms with Crippen LogP contribution in [-0.4, -0.2) is 16.5 Å². The van der Waals surface area contributed by atoms with Gasteiger partial charge in [0.25, 0.3) is 0 Å². The highest BCUT2D eigenvalue weighted by Crippen LogP contribution is 2.54. The van der Waals surface area contributed by atoms with E-state index in [-0.39, 0.29) is 17.4 Å². The molecule has 1 aromatic rings. The van der Waals surface area contributed by atoms with Gasteiger partial charge in [-0.15, -0.1) is 0 Å². The van der Waals surface area contributed by atoms with Gasteiger partial charge < -0.3 is 9.84 Å². The summed E-state index contributed by atoms with van der Waals surface area (Å²) in [6.45, 7) is 4.25. The van der Waals surface area contributed by atoms with Crippen molar-refractivity contribution in [3.63, 3.8) is 0 Å². The lowest BCUT2D eigenvalue weighted by molar-refractivity contribution is -0.124. The van der Waals surface area contributed by atoms with Gasteiger partial charge in [-0.2, -0.15) is 0 Å². The number of Topliss-reactive ketones (excluding diaryl/α,β-unsaturated/α-hetero) is 1. The average Bonchev–Trinajstić information content (AvgIpc) is 2.52. The Morgan fingerprint density at radius 1 is 1.12 bits per heavy atom. The molecule has 2 atom stereocenters. The van der Waals surface area contributed by atoms with Crippen LogP contribution in [0.5, 0.6) is 11.5 Å². The fourth-order valence-corrected chi connectivity index (χ4v) is 5.21. The van der Waals surface area contributed by atoms with Crippen molar-refractivity contribution in [2.24, 2.45) is 5.92 Å². The molecular weight excluding hydrogens is 324 g/mol. The highest BCUT2D eigenvalue weighted by atomic mass is 16.5. The van der Waals surface area contributed by atoms with Gasteiger partial charge in [-0.1, -0.05) is 18.9 Å². The quantitative estimate of drug-likeness (QED) is 0.698. The van der Waals surface area contributed by atoms with Gasteiger partial charge in [0.05, 0.1) is 0 Å². The van der Waals surface area contributed by atoms with E-state index in [1.165, 1.54) is 31.3 Å². The molecule has 4 rings (SSSR count). The van der Waals surface area contributed by atoms with Gasteiger partial charge in [0.2, 0.25) is 0 Å². The van der Waals surface area contributed by atoms with E-state index in [4.69, 9.17) is 4.74 Å². The molecule has 1 N–H and O–H groups in total. The summed E-state index contributed by atoms with van der Waals surface area (Å²) >= 11 is 0. The van der Waals surface area contributed by atoms with Crippen LogP contribution < -0.4 is 4.74 Å². The van der Waals surface area contributed by atoms with Gasteiger partial charge in [0.1, 0.15) is 22.9 Å². The number of ether oxygens (including phenoxy) is 1. The first kappa shape index (κ1) is 17.6. The lowest BCUT2D eigenvalue weighted by Crippen LogP contribution is -2.47. The Labute approximate surface area is 156 Å². The molecule has 0 radical (unpaired) electrons. The molecular formula is C23H30O3. The number of phenolic OH excluding ortho intramolecular Hbond substituents is 1. The maximum absolute atomic E-state index is 12.1. The number of carbonyl (C=O) groups excluding carboxylic acids is 1. The predicted octanol–water partition coefficient (Wildman–Crippen LogP) is 5.75. The van der Waals surface area contributed by atoms with Gasteiger partial charge in [-0.25, -0.2) is 0 Å². The molecule has 3 nitrogen and oxygen atoms in total. The van der Waals surface area contributed by atoms with Crippen LogP contribution in [0.15, 0.2) is 18.2 Å². The first-order valence-corrected chi connectivity index (χ1v) is 10.2. The molecule has 1 heterocycles. The number of rotatable bonds is 1. The number of aromatic hydroxyl groups is 1. The first-order valence-electron chi connectivity index (χ1n) is 10.2. The van der Waals surface area contributed by atoms with E-state index < -0.39 is 0 Å². The van der Waals surface area contributed by atoms with Gasteiger partial charge in [0.15, 0.2) is 0 Å². The number of hydrogen-bond acceptors (Lipinski definition) is 3. The summed E-state index contributed by atoms with van der Waals surface area (Å²) in [5.74, 6) is 1.76. The van der Waals surface area contributed by atoms with E-state index in [9.17, 15) is 9.90 Å². The van der Waals surface area contributed by atoms with Crippen LogP contribution in [0.2, 0.25) is 0 Å². The van der Waals surface area contributed by atoms with E-state index >= 15 is 0 Å². The minimum absolute atomic E-state index is 0.0790. The zero-order valence-electron chi connectivity index (χ0n) is 16.0. The molecule has 0 unspecified atom stereocenters. The van der Waals surface area contributed by atoms with E-state index in [0.717, 1.165) is 36.1 Å². The van der Waals surface area contributed by atoms with Crippen molar-refractivity contribution in [1.82, 2.24) is 0 Å². The van der Waals surface area contributed by atoms with Crippen LogP contribution in [0.4, 0.5) is 0 Å². The van der Waals surface area contributed by atoms with E-state index in [1.54, 1.807) is 0 Å². The third-order valence-electron chi connectivity index (χ3n) is 6.59. The summed E-state index contributed by atoms with van der Waals surface area (Å²) in [7, 11) is 0. The molecule has 1 aliphatic heterocycles. The van der Waals surface area contributed by atoms with Crippen molar-refractivity contribution in [3.05, 3.63) is 29.3 Å². The van der Waals surface area contributed by atoms with Crippen LogP contribution >= 0.6 is 0 Å². The zero-order valence-corrected chi connectivity index (χ0v) is 16.0. The summed E-state index contributed by atoms with van der Waals surface area (Å²) in [6.07, 6.45) is 11.6. The SMILES string of the molecule is CC1(C)Oc2cc(/C3=C/CCCCCC3)cc(O)c2[C@@H]2CC(=O)CC[C@H]21. The number of carbonyl (C=O) groups is 1. The Kier molecular flexibility index (Phi) is 4.58. The number of allylic oxidation sites excluding steroid dienone is 2. The molecule has 3 aliphatic rings. The van der Waals surface area contributed by atoms with Crippen molar-refractivity contribution in [3.8, 4) is 11.5 Å². The van der Waals surface area contributed by atoms with Crippen LogP contribution in [0.25, 0.3) is 5.57 Å². The molecule has 3 heteroatoms. The number of hydrogen-bond donors (Lipinski definition) is 1. The largest absolute Gasteiger partial charge is 0.507 e. The first-order chi connectivity index (χ1) is 12.5. The normalized spacial score (nSPS) is 30.1. The molecule has 0 amide bonds. The van der Waals surface area contributed by atoms with Crippen molar-refractivity contribution in [2.75, 3.05) is 0 Å². The predicted molar refractivity (Wildman–Crippen MR) is 104 cm³/mol. The monoisotopic (exact) mass is 354 g/mol. The minimum atomic E-state index is -0.307. The fourth-order valence-electron chi connectivity index (χ4n) is 5.21. The molecule has 26 heavy (non-hydrogen) atoms. The second-order valence-electron chi connectivity index (χ2n) is 8.79. The maximum atomic E-state index is 12.1. The smallest absolute Gasteiger partial charge is 0.133 e. The van der Waals surface area contributed by atoms with Crippen LogP contribution in [0, 0.1) is 5.92 Å². The van der Waals surface area contributed by atoms with Crippen LogP contribution in [0.3, 0.4) is 0 Å². The zero-order chi connectivity index (χ0) is 18.3. The molecule has 1 aromatic carbocycles. The maximum Gasteiger partial charge on any atom is 0.133 e. The highest BCUT2D eigenvalue weighted by Gasteiger charge is 2.47. The highest BCUT2D eigenvalue weighted by molar-refractivity contribution is 5.81. The van der Waals surface area contributed by atoms with E-state index in [1.807, 2.05) is 6.07 Å². The summed E-state index contributed by atoms with van der Waals surface area (Å²) < 4.78 is 6.39. The Balaban J connectivity index is 1.75. The Morgan fingerprint density at radius 3 is 2.77 bits per heavy atom. The van der Waals surface area contributed by atoms with Crippen molar-refractivity contribution in [1.29, 1.82) is 0 Å². The lowest BCUT2D eigenvalue weighted by Gasteiger charge is -2.47. The number of phenols is 1. The van der Waals surface area contributed by atoms with Gasteiger partial charge >= 0.3 is 0 Å². The van der Waals surface area contributed by atoms with Gasteiger partial charge in [-0.05, 0) is 69.2 Å². The van der Waals surface area contributed by atoms with E-state index in [2.05, 4.69) is 26.0 Å². The van der Waals surface area contributed by atoms with Crippen LogP contribution in [0.1, 0.15) is 88.7 Å². The third kappa shape index (κ3) is 3.17. The van der Waals surface area contributed by atoms with Gasteiger partial charge in [-0.3, -0.25) is 4.79 Å². The van der Waals surface area contributed by atoms with Crippen molar-refractivity contribution < 1.29 is 14.6 Å². The van der Waals surface area contributed by atoms with Crippen LogP contribution in [-0.2, 0) is 4.79 Å². The second-order valence-corrected chi connectivity index (χ2v) is 8.79. The summed E-state index contributed by atoms with van der Waals surface area (Å²) in [5.41, 5.74) is 2.96. The molecule has 0 spiro atoms. The number of fused-ring (bicyclic) bond motifs is 3. The molecule has 0 saturated heterocycles. The van der Waals surface area contributed by atoms with E-state index in [0.29, 0.717) is 24.4 Å². The Morgan fingerprint density at radius 2 is 1.92 bits per heavy atom. The number of ketones is 1. The standard InChI is InChI=1S/C23H30O3/c1-23(2)19-11-10-17(24)14-18(19)22-20(25)12-16(13-21(22)26-23)15-8-6-4-3-5-7-9-15/h8,12-13,18-19,25H,3-7,9-11,14H2,1-2H3/b15-8+/t18-,19-/m1/s1.